The van der Waals surface area contributed by atoms with Crippen LogP contribution in [0.15, 0.2) is 30.5 Å². The minimum atomic E-state index is -0.886. The molecule has 1 aliphatic heterocycles. The molecule has 0 spiro atoms. The van der Waals surface area contributed by atoms with E-state index < -0.39 is 35.6 Å². The van der Waals surface area contributed by atoms with Crippen LogP contribution in [0.2, 0.25) is 0 Å². The Morgan fingerprint density at radius 1 is 0.957 bits per heavy atom. The number of anilines is 1. The van der Waals surface area contributed by atoms with Crippen LogP contribution < -0.4 is 16.0 Å². The van der Waals surface area contributed by atoms with Crippen LogP contribution in [-0.4, -0.2) is 88.5 Å². The number of benzene rings is 1. The summed E-state index contributed by atoms with van der Waals surface area (Å²) in [5.74, 6) is -2.46. The number of nitrogens with one attached hydrogen (secondary N) is 3. The fourth-order valence-corrected chi connectivity index (χ4v) is 6.58. The topological polar surface area (TPSA) is 129 Å². The van der Waals surface area contributed by atoms with Crippen molar-refractivity contribution in [2.24, 2.45) is 11.8 Å². The number of likely N-dealkylation sites (N-methyl/N-ethyl adjacent to an activating group) is 1. The van der Waals surface area contributed by atoms with Gasteiger partial charge in [0.1, 0.15) is 23.6 Å². The second kappa shape index (κ2) is 16.2. The quantitative estimate of drug-likeness (QED) is 0.325. The normalized spacial score (nSPS) is 18.7. The molecule has 1 aromatic heterocycles. The van der Waals surface area contributed by atoms with Crippen molar-refractivity contribution in [1.82, 2.24) is 30.2 Å². The second-order valence-corrected chi connectivity index (χ2v) is 12.8. The van der Waals surface area contributed by atoms with Crippen molar-refractivity contribution < 1.29 is 23.6 Å². The zero-order valence-electron chi connectivity index (χ0n) is 27.9. The lowest BCUT2D eigenvalue weighted by atomic mass is 9.77. The molecule has 1 aromatic carbocycles. The Balaban J connectivity index is 1.53. The van der Waals surface area contributed by atoms with Gasteiger partial charge < -0.3 is 25.8 Å². The van der Waals surface area contributed by atoms with Crippen LogP contribution in [0.4, 0.5) is 10.1 Å². The Bertz CT molecular complexity index is 1370. The molecule has 2 aromatic rings. The number of carbonyl (C=O) groups is 4. The van der Waals surface area contributed by atoms with E-state index in [1.54, 1.807) is 41.8 Å². The summed E-state index contributed by atoms with van der Waals surface area (Å²) in [6.45, 7) is 10.5. The standard InChI is InChI=1S/C34H50FN7O4/c1-6-29(43)38-31(34(46)41-19-17-40(5)18-20-41)23(4)25-13-14-27(26(35)21-25)37-33(45)30(22(3)24-11-9-8-10-12-24)39-32(44)28-15-16-36-42(28)7-2/h13-16,21-24,30-31H,6-12,17-20H2,1-5H3,(H,37,45)(H,38,43)(H,39,44)/t22-,23-,30-,31+/m0/s1. The maximum Gasteiger partial charge on any atom is 0.270 e. The summed E-state index contributed by atoms with van der Waals surface area (Å²) in [5.41, 5.74) is 0.860. The van der Waals surface area contributed by atoms with Gasteiger partial charge >= 0.3 is 0 Å². The van der Waals surface area contributed by atoms with Crippen molar-refractivity contribution in [2.75, 3.05) is 38.5 Å². The number of rotatable bonds is 12. The van der Waals surface area contributed by atoms with Crippen LogP contribution in [0, 0.1) is 17.7 Å². The summed E-state index contributed by atoms with van der Waals surface area (Å²) in [7, 11) is 2.00. The highest BCUT2D eigenvalue weighted by Crippen LogP contribution is 2.32. The Morgan fingerprint density at radius 2 is 1.65 bits per heavy atom. The lowest BCUT2D eigenvalue weighted by Crippen LogP contribution is -2.55. The van der Waals surface area contributed by atoms with Gasteiger partial charge in [-0.15, -0.1) is 0 Å². The summed E-state index contributed by atoms with van der Waals surface area (Å²) in [4.78, 5) is 56.9. The molecular weight excluding hydrogens is 589 g/mol. The van der Waals surface area contributed by atoms with E-state index in [-0.39, 0.29) is 35.8 Å². The molecule has 11 nitrogen and oxygen atoms in total. The molecule has 1 saturated carbocycles. The highest BCUT2D eigenvalue weighted by Gasteiger charge is 2.35. The number of aromatic nitrogens is 2. The van der Waals surface area contributed by atoms with Crippen LogP contribution >= 0.6 is 0 Å². The first kappa shape index (κ1) is 35.1. The summed E-state index contributed by atoms with van der Waals surface area (Å²) in [6, 6.07) is 4.33. The van der Waals surface area contributed by atoms with Gasteiger partial charge in [0.05, 0.1) is 5.69 Å². The molecule has 4 atom stereocenters. The summed E-state index contributed by atoms with van der Waals surface area (Å²) in [5, 5.41) is 12.7. The van der Waals surface area contributed by atoms with Crippen molar-refractivity contribution in [3.63, 3.8) is 0 Å². The average molecular weight is 640 g/mol. The SMILES string of the molecule is CCC(=O)N[C@@H](C(=O)N1CCN(C)CC1)[C@@H](C)c1ccc(NC(=O)[C@@H](NC(=O)c2ccnn2CC)[C@@H](C)C2CCCCC2)c(F)c1. The molecule has 4 amide bonds. The number of nitrogens with zero attached hydrogens (tertiary/aromatic N) is 4. The number of aryl methyl sites for hydroxylation is 1. The first-order valence-electron chi connectivity index (χ1n) is 16.7. The van der Waals surface area contributed by atoms with E-state index in [1.807, 2.05) is 20.9 Å². The second-order valence-electron chi connectivity index (χ2n) is 12.8. The molecule has 1 aliphatic carbocycles. The van der Waals surface area contributed by atoms with E-state index in [2.05, 4.69) is 25.9 Å². The van der Waals surface area contributed by atoms with Crippen molar-refractivity contribution >= 4 is 29.3 Å². The van der Waals surface area contributed by atoms with Crippen LogP contribution in [-0.2, 0) is 20.9 Å². The van der Waals surface area contributed by atoms with Gasteiger partial charge in [-0.1, -0.05) is 58.9 Å². The maximum absolute atomic E-state index is 15.7. The van der Waals surface area contributed by atoms with Gasteiger partial charge in [0, 0.05) is 51.3 Å². The number of hydrogen-bond donors (Lipinski definition) is 3. The smallest absolute Gasteiger partial charge is 0.270 e. The molecule has 0 radical (unpaired) electrons. The van der Waals surface area contributed by atoms with E-state index in [9.17, 15) is 19.2 Å². The monoisotopic (exact) mass is 639 g/mol. The molecule has 0 unspecified atom stereocenters. The molecule has 1 saturated heterocycles. The zero-order chi connectivity index (χ0) is 33.4. The Labute approximate surface area is 271 Å². The third kappa shape index (κ3) is 8.51. The van der Waals surface area contributed by atoms with Gasteiger partial charge in [-0.3, -0.25) is 23.9 Å². The Kier molecular flexibility index (Phi) is 12.3. The number of carbonyl (C=O) groups excluding carboxylic acids is 4. The molecule has 3 N–H and O–H groups in total. The van der Waals surface area contributed by atoms with Gasteiger partial charge in [-0.05, 0) is 49.6 Å². The fourth-order valence-electron chi connectivity index (χ4n) is 6.58. The van der Waals surface area contributed by atoms with Crippen molar-refractivity contribution in [1.29, 1.82) is 0 Å². The molecule has 252 valence electrons. The molecule has 46 heavy (non-hydrogen) atoms. The van der Waals surface area contributed by atoms with E-state index in [4.69, 9.17) is 0 Å². The van der Waals surface area contributed by atoms with Gasteiger partial charge in [0.2, 0.25) is 17.7 Å². The Morgan fingerprint density at radius 3 is 2.28 bits per heavy atom. The Hall–Kier alpha value is -3.80. The predicted octanol–water partition coefficient (Wildman–Crippen LogP) is 3.77. The third-order valence-electron chi connectivity index (χ3n) is 9.73. The summed E-state index contributed by atoms with van der Waals surface area (Å²) >= 11 is 0. The average Bonchev–Trinajstić information content (AvgIpc) is 3.56. The molecule has 2 heterocycles. The van der Waals surface area contributed by atoms with E-state index in [0.717, 1.165) is 45.2 Å². The maximum atomic E-state index is 15.7. The van der Waals surface area contributed by atoms with Gasteiger partial charge in [-0.2, -0.15) is 5.10 Å². The highest BCUT2D eigenvalue weighted by atomic mass is 19.1. The minimum Gasteiger partial charge on any atom is -0.344 e. The van der Waals surface area contributed by atoms with Crippen LogP contribution in [0.1, 0.15) is 88.2 Å². The molecule has 12 heteroatoms. The first-order valence-corrected chi connectivity index (χ1v) is 16.7. The fraction of sp³-hybridized carbons (Fsp3) is 0.618. The van der Waals surface area contributed by atoms with E-state index in [1.165, 1.54) is 12.1 Å². The third-order valence-corrected chi connectivity index (χ3v) is 9.73. The lowest BCUT2D eigenvalue weighted by molar-refractivity contribution is -0.138. The number of amides is 4. The van der Waals surface area contributed by atoms with Gasteiger partial charge in [0.25, 0.3) is 5.91 Å². The number of hydrogen-bond acceptors (Lipinski definition) is 6. The van der Waals surface area contributed by atoms with Crippen molar-refractivity contribution in [3.8, 4) is 0 Å². The van der Waals surface area contributed by atoms with Crippen LogP contribution in [0.25, 0.3) is 0 Å². The highest BCUT2D eigenvalue weighted by molar-refractivity contribution is 6.00. The molecule has 2 fully saturated rings. The summed E-state index contributed by atoms with van der Waals surface area (Å²) < 4.78 is 17.2. The van der Waals surface area contributed by atoms with Gasteiger partial charge in [-0.25, -0.2) is 4.39 Å². The van der Waals surface area contributed by atoms with Crippen LogP contribution in [0.3, 0.4) is 0 Å². The van der Waals surface area contributed by atoms with E-state index >= 15 is 4.39 Å². The number of piperazine rings is 1. The minimum absolute atomic E-state index is 0.0193. The number of halogens is 1. The predicted molar refractivity (Wildman–Crippen MR) is 175 cm³/mol. The van der Waals surface area contributed by atoms with E-state index in [0.29, 0.717) is 30.9 Å². The lowest BCUT2D eigenvalue weighted by Gasteiger charge is -2.36. The van der Waals surface area contributed by atoms with Crippen molar-refractivity contribution in [3.05, 3.63) is 47.5 Å². The largest absolute Gasteiger partial charge is 0.344 e. The van der Waals surface area contributed by atoms with Crippen LogP contribution in [0.5, 0.6) is 0 Å². The van der Waals surface area contributed by atoms with Crippen molar-refractivity contribution in [2.45, 2.75) is 90.8 Å². The first-order chi connectivity index (χ1) is 22.0. The molecular formula is C34H50FN7O4. The summed E-state index contributed by atoms with van der Waals surface area (Å²) in [6.07, 6.45) is 7.01. The van der Waals surface area contributed by atoms with Gasteiger partial charge in [0.15, 0.2) is 0 Å². The molecule has 0 bridgehead atoms. The molecule has 4 rings (SSSR count). The zero-order valence-corrected chi connectivity index (χ0v) is 27.9. The molecule has 2 aliphatic rings.